The zero-order chi connectivity index (χ0) is 61.2. The third kappa shape index (κ3) is 10.6. The van der Waals surface area contributed by atoms with Crippen LogP contribution in [-0.4, -0.2) is 29.1 Å². The van der Waals surface area contributed by atoms with Crippen molar-refractivity contribution in [2.75, 3.05) is 0 Å². The molecule has 0 radical (unpaired) electrons. The van der Waals surface area contributed by atoms with Crippen LogP contribution in [0, 0.1) is 0 Å². The van der Waals surface area contributed by atoms with Crippen LogP contribution >= 0.6 is 0 Å². The van der Waals surface area contributed by atoms with E-state index in [4.69, 9.17) is 19.9 Å². The van der Waals surface area contributed by atoms with Gasteiger partial charge in [-0.25, -0.2) is 19.9 Å². The number of hydrogen-bond acceptors (Lipinski definition) is 4. The van der Waals surface area contributed by atoms with Gasteiger partial charge in [0.25, 0.3) is 0 Å². The highest BCUT2D eigenvalue weighted by Gasteiger charge is 2.26. The molecule has 432 valence electrons. The molecule has 3 aromatic heterocycles. The van der Waals surface area contributed by atoms with Crippen molar-refractivity contribution < 1.29 is 0 Å². The molecule has 0 aliphatic carbocycles. The zero-order valence-electron chi connectivity index (χ0n) is 50.2. The van der Waals surface area contributed by atoms with Crippen molar-refractivity contribution in [3.63, 3.8) is 0 Å². The molecule has 0 aliphatic rings. The standard InChI is InChI=1S/C86H58N6/c1-9-27-59(28-10-1)69-43-25-45-71(55-69)73-57-76(72-46-26-44-70(56-72)60-29-11-2-12-30-60)81-77(58-73)78(63-47-51-74(52-48-63)91-82(64-35-17-5-18-36-64)79(61-31-13-3-14-32-61)89-85(91)67-39-21-7-22-40-67)87-84(88-81)66-49-53-75(54-50-66)92-83(65-37-19-6-20-38-65)80(62-33-15-4-16-34-62)90-86(92)68-41-23-8-24-42-68/h1-58H. The molecule has 0 aliphatic heterocycles. The molecule has 0 saturated carbocycles. The van der Waals surface area contributed by atoms with E-state index in [1.807, 2.05) is 0 Å². The van der Waals surface area contributed by atoms with Crippen molar-refractivity contribution >= 4 is 10.9 Å². The van der Waals surface area contributed by atoms with Crippen LogP contribution in [0.5, 0.6) is 0 Å². The average Bonchev–Trinajstić information content (AvgIpc) is 1.16. The van der Waals surface area contributed by atoms with Gasteiger partial charge in [-0.1, -0.05) is 291 Å². The molecule has 6 heteroatoms. The first-order valence-corrected chi connectivity index (χ1v) is 31.1. The van der Waals surface area contributed by atoms with E-state index < -0.39 is 0 Å². The molecule has 0 spiro atoms. The van der Waals surface area contributed by atoms with Crippen molar-refractivity contribution in [3.05, 3.63) is 352 Å². The average molecular weight is 1180 g/mol. The molecule has 0 amide bonds. The second-order valence-electron chi connectivity index (χ2n) is 22.9. The van der Waals surface area contributed by atoms with Gasteiger partial charge >= 0.3 is 0 Å². The molecule has 0 unspecified atom stereocenters. The van der Waals surface area contributed by atoms with Gasteiger partial charge in [-0.3, -0.25) is 9.13 Å². The molecular weight excluding hydrogens is 1120 g/mol. The lowest BCUT2D eigenvalue weighted by Gasteiger charge is -2.18. The Labute approximate surface area is 535 Å². The van der Waals surface area contributed by atoms with E-state index in [1.165, 1.54) is 0 Å². The Kier molecular flexibility index (Phi) is 14.5. The second kappa shape index (κ2) is 24.3. The lowest BCUT2D eigenvalue weighted by molar-refractivity contribution is 1.07. The maximum Gasteiger partial charge on any atom is 0.160 e. The van der Waals surface area contributed by atoms with Crippen LogP contribution in [0.1, 0.15) is 0 Å². The number of benzene rings is 13. The first kappa shape index (κ1) is 55.0. The van der Waals surface area contributed by atoms with Crippen LogP contribution in [-0.2, 0) is 0 Å². The van der Waals surface area contributed by atoms with Crippen LogP contribution in [0.2, 0.25) is 0 Å². The van der Waals surface area contributed by atoms with Gasteiger partial charge in [0.2, 0.25) is 0 Å². The van der Waals surface area contributed by atoms with E-state index in [2.05, 4.69) is 361 Å². The molecule has 13 aromatic carbocycles. The van der Waals surface area contributed by atoms with Gasteiger partial charge in [0.05, 0.1) is 34.0 Å². The van der Waals surface area contributed by atoms with Gasteiger partial charge in [-0.2, -0.15) is 0 Å². The zero-order valence-corrected chi connectivity index (χ0v) is 50.2. The lowest BCUT2D eigenvalue weighted by atomic mass is 9.91. The Morgan fingerprint density at radius 3 is 0.946 bits per heavy atom. The van der Waals surface area contributed by atoms with Crippen LogP contribution in [0.25, 0.3) is 157 Å². The van der Waals surface area contributed by atoms with E-state index in [9.17, 15) is 0 Å². The largest absolute Gasteiger partial charge is 0.292 e. The smallest absolute Gasteiger partial charge is 0.160 e. The summed E-state index contributed by atoms with van der Waals surface area (Å²) in [4.78, 5) is 22.5. The Balaban J connectivity index is 0.926. The van der Waals surface area contributed by atoms with Crippen molar-refractivity contribution in [1.82, 2.24) is 29.1 Å². The number of rotatable bonds is 14. The van der Waals surface area contributed by atoms with Crippen molar-refractivity contribution in [1.29, 1.82) is 0 Å². The highest BCUT2D eigenvalue weighted by atomic mass is 15.1. The van der Waals surface area contributed by atoms with Gasteiger partial charge in [0, 0.05) is 66.8 Å². The van der Waals surface area contributed by atoms with Crippen molar-refractivity contribution in [3.8, 4) is 146 Å². The molecule has 0 N–H and O–H groups in total. The lowest BCUT2D eigenvalue weighted by Crippen LogP contribution is -2.02. The number of fused-ring (bicyclic) bond motifs is 1. The normalized spacial score (nSPS) is 11.3. The van der Waals surface area contributed by atoms with Crippen molar-refractivity contribution in [2.45, 2.75) is 0 Å². The summed E-state index contributed by atoms with van der Waals surface area (Å²) in [6.45, 7) is 0. The minimum Gasteiger partial charge on any atom is -0.292 e. The fourth-order valence-corrected chi connectivity index (χ4v) is 12.7. The Bertz CT molecular complexity index is 5250. The maximum absolute atomic E-state index is 5.74. The minimum absolute atomic E-state index is 0.601. The summed E-state index contributed by atoms with van der Waals surface area (Å²) in [5.41, 5.74) is 24.2. The number of hydrogen-bond donors (Lipinski definition) is 0. The fraction of sp³-hybridized carbons (Fsp3) is 0. The Hall–Kier alpha value is -12.4. The van der Waals surface area contributed by atoms with Gasteiger partial charge in [0.15, 0.2) is 5.82 Å². The highest BCUT2D eigenvalue weighted by Crippen LogP contribution is 2.44. The first-order valence-electron chi connectivity index (χ1n) is 31.1. The van der Waals surface area contributed by atoms with Gasteiger partial charge in [-0.15, -0.1) is 0 Å². The SMILES string of the molecule is c1ccc(-c2cccc(-c3cc(-c4cccc(-c5ccccc5)c4)c4nc(-c5ccc(-n6c(-c7ccccc7)nc(-c7ccccc7)c6-c6ccccc6)cc5)nc(-c5ccc(-n6c(-c7ccccc7)nc(-c7ccccc7)c6-c6ccccc6)cc5)c4c3)c2)cc1. The van der Waals surface area contributed by atoms with E-state index in [-0.39, 0.29) is 0 Å². The molecule has 16 aromatic rings. The molecule has 0 atom stereocenters. The quantitative estimate of drug-likeness (QED) is 0.109. The summed E-state index contributed by atoms with van der Waals surface area (Å²) in [5.74, 6) is 2.29. The summed E-state index contributed by atoms with van der Waals surface area (Å²) < 4.78 is 4.61. The third-order valence-corrected chi connectivity index (χ3v) is 17.2. The topological polar surface area (TPSA) is 61.4 Å². The van der Waals surface area contributed by atoms with Gasteiger partial charge < -0.3 is 0 Å². The molecule has 0 bridgehead atoms. The molecule has 6 nitrogen and oxygen atoms in total. The van der Waals surface area contributed by atoms with Crippen LogP contribution in [0.15, 0.2) is 352 Å². The predicted molar refractivity (Wildman–Crippen MR) is 379 cm³/mol. The van der Waals surface area contributed by atoms with Crippen LogP contribution in [0.3, 0.4) is 0 Å². The van der Waals surface area contributed by atoms with Crippen LogP contribution in [0.4, 0.5) is 0 Å². The monoisotopic (exact) mass is 1170 g/mol. The van der Waals surface area contributed by atoms with Crippen molar-refractivity contribution in [2.24, 2.45) is 0 Å². The maximum atomic E-state index is 5.74. The summed E-state index contributed by atoms with van der Waals surface area (Å²) in [6, 6.07) is 124. The second-order valence-corrected chi connectivity index (χ2v) is 22.9. The Morgan fingerprint density at radius 1 is 0.196 bits per heavy atom. The highest BCUT2D eigenvalue weighted by molar-refractivity contribution is 6.05. The fourth-order valence-electron chi connectivity index (χ4n) is 12.7. The molecular formula is C86H58N6. The number of nitrogens with zero attached hydrogens (tertiary/aromatic N) is 6. The molecule has 3 heterocycles. The summed E-state index contributed by atoms with van der Waals surface area (Å²) in [5, 5.41) is 0.927. The molecule has 0 fully saturated rings. The summed E-state index contributed by atoms with van der Waals surface area (Å²) in [6.07, 6.45) is 0. The minimum atomic E-state index is 0.601. The number of imidazole rings is 2. The predicted octanol–water partition coefficient (Wildman–Crippen LogP) is 22.0. The molecule has 16 rings (SSSR count). The summed E-state index contributed by atoms with van der Waals surface area (Å²) in [7, 11) is 0. The van der Waals surface area contributed by atoms with Gasteiger partial charge in [0.1, 0.15) is 11.6 Å². The Morgan fingerprint density at radius 2 is 0.522 bits per heavy atom. The molecule has 0 saturated heterocycles. The third-order valence-electron chi connectivity index (χ3n) is 17.2. The molecule has 92 heavy (non-hydrogen) atoms. The van der Waals surface area contributed by atoms with E-state index in [0.717, 1.165) is 151 Å². The van der Waals surface area contributed by atoms with E-state index >= 15 is 0 Å². The summed E-state index contributed by atoms with van der Waals surface area (Å²) >= 11 is 0. The first-order chi connectivity index (χ1) is 45.6. The van der Waals surface area contributed by atoms with Crippen LogP contribution < -0.4 is 0 Å². The van der Waals surface area contributed by atoms with E-state index in [1.54, 1.807) is 0 Å². The number of aromatic nitrogens is 6. The van der Waals surface area contributed by atoms with Gasteiger partial charge in [-0.05, 0) is 99.6 Å². The van der Waals surface area contributed by atoms with E-state index in [0.29, 0.717) is 5.82 Å².